The van der Waals surface area contributed by atoms with Gasteiger partial charge in [0.25, 0.3) is 15.9 Å². The van der Waals surface area contributed by atoms with Gasteiger partial charge in [-0.3, -0.25) is 4.79 Å². The van der Waals surface area contributed by atoms with Crippen molar-refractivity contribution in [2.75, 3.05) is 33.7 Å². The van der Waals surface area contributed by atoms with Crippen LogP contribution in [0.25, 0.3) is 0 Å². The van der Waals surface area contributed by atoms with Crippen molar-refractivity contribution in [3.8, 4) is 0 Å². The Hall–Kier alpha value is -1.87. The zero-order valence-corrected chi connectivity index (χ0v) is 16.0. The van der Waals surface area contributed by atoms with Crippen LogP contribution in [0, 0.1) is 0 Å². The maximum Gasteiger partial charge on any atom is 0.290 e. The SMILES string of the molecule is CN(C)S(=O)(=O)c1ccc(C(=O)N2CCNCC2c2cccc(Cl)c2)o1. The highest BCUT2D eigenvalue weighted by Gasteiger charge is 2.31. The first-order valence-corrected chi connectivity index (χ1v) is 9.92. The van der Waals surface area contributed by atoms with Crippen LogP contribution in [0.1, 0.15) is 22.2 Å². The van der Waals surface area contributed by atoms with E-state index in [4.69, 9.17) is 16.0 Å². The van der Waals surface area contributed by atoms with Gasteiger partial charge in [-0.25, -0.2) is 12.7 Å². The standard InChI is InChI=1S/C17H20ClN3O4S/c1-20(2)26(23,24)16-7-6-15(25-16)17(22)21-9-8-19-11-14(21)12-4-3-5-13(18)10-12/h3-7,10,14,19H,8-9,11H2,1-2H3. The molecule has 0 spiro atoms. The Morgan fingerprint density at radius 2 is 2.08 bits per heavy atom. The highest BCUT2D eigenvalue weighted by molar-refractivity contribution is 7.88. The smallest absolute Gasteiger partial charge is 0.290 e. The predicted molar refractivity (Wildman–Crippen MR) is 97.7 cm³/mol. The summed E-state index contributed by atoms with van der Waals surface area (Å²) in [6.07, 6.45) is 0. The number of hydrogen-bond acceptors (Lipinski definition) is 5. The summed E-state index contributed by atoms with van der Waals surface area (Å²) in [6, 6.07) is 9.84. The Balaban J connectivity index is 1.89. The first kappa shape index (κ1) is 18.9. The van der Waals surface area contributed by atoms with Gasteiger partial charge < -0.3 is 14.6 Å². The minimum Gasteiger partial charge on any atom is -0.438 e. The van der Waals surface area contributed by atoms with Gasteiger partial charge in [0.2, 0.25) is 5.09 Å². The minimum absolute atomic E-state index is 0.000599. The van der Waals surface area contributed by atoms with E-state index in [1.54, 1.807) is 11.0 Å². The van der Waals surface area contributed by atoms with E-state index in [-0.39, 0.29) is 22.8 Å². The summed E-state index contributed by atoms with van der Waals surface area (Å²) >= 11 is 6.08. The summed E-state index contributed by atoms with van der Waals surface area (Å²) in [5.41, 5.74) is 0.908. The molecule has 1 fully saturated rings. The van der Waals surface area contributed by atoms with Gasteiger partial charge in [-0.2, -0.15) is 0 Å². The molecular weight excluding hydrogens is 378 g/mol. The van der Waals surface area contributed by atoms with E-state index in [1.165, 1.54) is 26.2 Å². The second-order valence-electron chi connectivity index (χ2n) is 6.18. The Morgan fingerprint density at radius 3 is 2.77 bits per heavy atom. The number of nitrogens with zero attached hydrogens (tertiary/aromatic N) is 2. The monoisotopic (exact) mass is 397 g/mol. The van der Waals surface area contributed by atoms with Crippen LogP contribution in [-0.2, 0) is 10.0 Å². The Kier molecular flexibility index (Phi) is 5.38. The maximum atomic E-state index is 12.9. The fourth-order valence-electron chi connectivity index (χ4n) is 2.85. The summed E-state index contributed by atoms with van der Waals surface area (Å²) in [4.78, 5) is 14.6. The summed E-state index contributed by atoms with van der Waals surface area (Å²) in [5.74, 6) is -0.351. The Bertz CT molecular complexity index is 910. The highest BCUT2D eigenvalue weighted by atomic mass is 35.5. The van der Waals surface area contributed by atoms with Crippen molar-refractivity contribution in [1.29, 1.82) is 0 Å². The van der Waals surface area contributed by atoms with Crippen LogP contribution in [0.2, 0.25) is 5.02 Å². The molecule has 1 amide bonds. The van der Waals surface area contributed by atoms with Crippen molar-refractivity contribution < 1.29 is 17.6 Å². The van der Waals surface area contributed by atoms with Gasteiger partial charge in [0.05, 0.1) is 6.04 Å². The third-order valence-electron chi connectivity index (χ3n) is 4.26. The molecule has 1 N–H and O–H groups in total. The molecule has 0 bridgehead atoms. The molecule has 1 aromatic heterocycles. The van der Waals surface area contributed by atoms with Crippen molar-refractivity contribution in [3.05, 3.63) is 52.7 Å². The minimum atomic E-state index is -3.73. The van der Waals surface area contributed by atoms with Gasteiger partial charge in [0.1, 0.15) is 0 Å². The molecule has 7 nitrogen and oxygen atoms in total. The van der Waals surface area contributed by atoms with E-state index in [2.05, 4.69) is 5.32 Å². The summed E-state index contributed by atoms with van der Waals surface area (Å²) in [7, 11) is -0.910. The van der Waals surface area contributed by atoms with Crippen LogP contribution >= 0.6 is 11.6 Å². The van der Waals surface area contributed by atoms with Gasteiger partial charge in [-0.1, -0.05) is 23.7 Å². The summed E-state index contributed by atoms with van der Waals surface area (Å²) in [5, 5.41) is 3.61. The van der Waals surface area contributed by atoms with Crippen molar-refractivity contribution in [3.63, 3.8) is 0 Å². The molecule has 1 aromatic carbocycles. The van der Waals surface area contributed by atoms with Crippen LogP contribution < -0.4 is 5.32 Å². The fourth-order valence-corrected chi connectivity index (χ4v) is 3.85. The molecule has 9 heteroatoms. The van der Waals surface area contributed by atoms with Gasteiger partial charge in [-0.15, -0.1) is 0 Å². The first-order chi connectivity index (χ1) is 12.3. The van der Waals surface area contributed by atoms with Crippen molar-refractivity contribution >= 4 is 27.5 Å². The van der Waals surface area contributed by atoms with E-state index >= 15 is 0 Å². The molecule has 0 aliphatic carbocycles. The molecule has 1 atom stereocenters. The molecule has 1 aliphatic heterocycles. The van der Waals surface area contributed by atoms with Crippen LogP contribution in [0.5, 0.6) is 0 Å². The number of carbonyl (C=O) groups excluding carboxylic acids is 1. The number of piperazine rings is 1. The third-order valence-corrected chi connectivity index (χ3v) is 6.19. The molecule has 3 rings (SSSR count). The van der Waals surface area contributed by atoms with E-state index in [0.717, 1.165) is 9.87 Å². The van der Waals surface area contributed by atoms with E-state index in [9.17, 15) is 13.2 Å². The van der Waals surface area contributed by atoms with Crippen molar-refractivity contribution in [2.24, 2.45) is 0 Å². The molecule has 26 heavy (non-hydrogen) atoms. The van der Waals surface area contributed by atoms with Gasteiger partial charge in [0, 0.05) is 38.8 Å². The molecule has 2 heterocycles. The number of nitrogens with one attached hydrogen (secondary N) is 1. The largest absolute Gasteiger partial charge is 0.438 e. The average Bonchev–Trinajstić information content (AvgIpc) is 3.12. The Labute approximate surface area is 157 Å². The van der Waals surface area contributed by atoms with E-state index in [0.29, 0.717) is 24.7 Å². The number of furan rings is 1. The molecule has 140 valence electrons. The zero-order valence-electron chi connectivity index (χ0n) is 14.5. The molecule has 1 unspecified atom stereocenters. The van der Waals surface area contributed by atoms with Gasteiger partial charge >= 0.3 is 0 Å². The van der Waals surface area contributed by atoms with Gasteiger partial charge in [-0.05, 0) is 29.8 Å². The second kappa shape index (κ2) is 7.40. The number of amides is 1. The Morgan fingerprint density at radius 1 is 1.31 bits per heavy atom. The number of benzene rings is 1. The number of rotatable bonds is 4. The summed E-state index contributed by atoms with van der Waals surface area (Å²) < 4.78 is 30.7. The highest BCUT2D eigenvalue weighted by Crippen LogP contribution is 2.27. The quantitative estimate of drug-likeness (QED) is 0.852. The normalized spacial score (nSPS) is 18.3. The molecule has 2 aromatic rings. The lowest BCUT2D eigenvalue weighted by atomic mass is 10.0. The zero-order chi connectivity index (χ0) is 18.9. The number of sulfonamides is 1. The molecule has 0 radical (unpaired) electrons. The van der Waals surface area contributed by atoms with Gasteiger partial charge in [0.15, 0.2) is 5.76 Å². The van der Waals surface area contributed by atoms with Crippen LogP contribution in [0.4, 0.5) is 0 Å². The average molecular weight is 398 g/mol. The topological polar surface area (TPSA) is 82.9 Å². The molecule has 0 saturated carbocycles. The molecule has 1 aliphatic rings. The van der Waals surface area contributed by atoms with Crippen LogP contribution in [0.15, 0.2) is 45.9 Å². The van der Waals surface area contributed by atoms with Crippen LogP contribution in [-0.4, -0.2) is 57.3 Å². The lowest BCUT2D eigenvalue weighted by Crippen LogP contribution is -2.48. The maximum absolute atomic E-state index is 12.9. The van der Waals surface area contributed by atoms with Crippen molar-refractivity contribution in [1.82, 2.24) is 14.5 Å². The number of hydrogen-bond donors (Lipinski definition) is 1. The third kappa shape index (κ3) is 3.64. The summed E-state index contributed by atoms with van der Waals surface area (Å²) in [6.45, 7) is 1.70. The van der Waals surface area contributed by atoms with E-state index in [1.807, 2.05) is 18.2 Å². The van der Waals surface area contributed by atoms with Crippen molar-refractivity contribution in [2.45, 2.75) is 11.1 Å². The number of carbonyl (C=O) groups is 1. The first-order valence-electron chi connectivity index (χ1n) is 8.10. The lowest BCUT2D eigenvalue weighted by Gasteiger charge is -2.36. The molecule has 1 saturated heterocycles. The second-order valence-corrected chi connectivity index (χ2v) is 8.70. The number of halogens is 1. The fraction of sp³-hybridized carbons (Fsp3) is 0.353. The lowest BCUT2D eigenvalue weighted by molar-refractivity contribution is 0.0596. The van der Waals surface area contributed by atoms with E-state index < -0.39 is 10.0 Å². The van der Waals surface area contributed by atoms with Crippen LogP contribution in [0.3, 0.4) is 0 Å². The predicted octanol–water partition coefficient (Wildman–Crippen LogP) is 1.97. The molecular formula is C17H20ClN3O4S.